The minimum Gasteiger partial charge on any atom is -0.321 e. The molecule has 2 aliphatic heterocycles. The molecular formula is C19H24ClN5O2. The molecule has 0 bridgehead atoms. The van der Waals surface area contributed by atoms with Crippen molar-refractivity contribution in [2.75, 3.05) is 29.9 Å². The summed E-state index contributed by atoms with van der Waals surface area (Å²) in [5.74, 6) is -0.169. The maximum Gasteiger partial charge on any atom is 0.276 e. The third kappa shape index (κ3) is 3.99. The van der Waals surface area contributed by atoms with E-state index in [4.69, 9.17) is 0 Å². The summed E-state index contributed by atoms with van der Waals surface area (Å²) < 4.78 is 1.88. The number of hydrogen-bond acceptors (Lipinski definition) is 4. The number of nitrogens with one attached hydrogen (secondary N) is 2. The largest absolute Gasteiger partial charge is 0.321 e. The Bertz CT molecular complexity index is 844. The molecule has 4 rings (SSSR count). The second-order valence-corrected chi connectivity index (χ2v) is 6.90. The Morgan fingerprint density at radius 2 is 2.15 bits per heavy atom. The molecule has 0 radical (unpaired) electrons. The van der Waals surface area contributed by atoms with Crippen LogP contribution in [-0.4, -0.2) is 41.2 Å². The van der Waals surface area contributed by atoms with E-state index in [1.54, 1.807) is 17.9 Å². The van der Waals surface area contributed by atoms with Gasteiger partial charge in [0.05, 0.1) is 6.04 Å². The van der Waals surface area contributed by atoms with Gasteiger partial charge in [-0.1, -0.05) is 0 Å². The molecule has 27 heavy (non-hydrogen) atoms. The van der Waals surface area contributed by atoms with Crippen LogP contribution in [-0.2, 0) is 11.2 Å². The second-order valence-electron chi connectivity index (χ2n) is 6.90. The third-order valence-electron chi connectivity index (χ3n) is 5.10. The summed E-state index contributed by atoms with van der Waals surface area (Å²) >= 11 is 0. The zero-order chi connectivity index (χ0) is 18.1. The number of halogens is 1. The SMILES string of the molecule is CC(=O)N1CCc2cc(NC(=O)c3ccn(C4CCCNC4)n3)ccc21.Cl. The van der Waals surface area contributed by atoms with Crippen molar-refractivity contribution in [3.05, 3.63) is 41.7 Å². The van der Waals surface area contributed by atoms with Crippen LogP contribution in [0.2, 0.25) is 0 Å². The minimum atomic E-state index is -0.214. The number of fused-ring (bicyclic) bond motifs is 1. The second kappa shape index (κ2) is 8.10. The van der Waals surface area contributed by atoms with Crippen molar-refractivity contribution in [1.29, 1.82) is 0 Å². The Kier molecular flexibility index (Phi) is 5.82. The average molecular weight is 390 g/mol. The van der Waals surface area contributed by atoms with Crippen molar-refractivity contribution in [2.45, 2.75) is 32.2 Å². The summed E-state index contributed by atoms with van der Waals surface area (Å²) in [6.45, 7) is 4.20. The van der Waals surface area contributed by atoms with E-state index in [1.165, 1.54) is 0 Å². The minimum absolute atomic E-state index is 0. The molecule has 144 valence electrons. The van der Waals surface area contributed by atoms with Crippen LogP contribution in [0.25, 0.3) is 0 Å². The first-order valence-electron chi connectivity index (χ1n) is 9.10. The molecule has 2 N–H and O–H groups in total. The first-order chi connectivity index (χ1) is 12.6. The smallest absolute Gasteiger partial charge is 0.276 e. The van der Waals surface area contributed by atoms with Gasteiger partial charge in [0.1, 0.15) is 0 Å². The van der Waals surface area contributed by atoms with Gasteiger partial charge < -0.3 is 15.5 Å². The van der Waals surface area contributed by atoms with Gasteiger partial charge in [-0.15, -0.1) is 12.4 Å². The molecule has 1 unspecified atom stereocenters. The van der Waals surface area contributed by atoms with Gasteiger partial charge in [0, 0.05) is 37.6 Å². The highest BCUT2D eigenvalue weighted by molar-refractivity contribution is 6.03. The van der Waals surface area contributed by atoms with Crippen LogP contribution in [0.1, 0.15) is 41.9 Å². The molecule has 0 aliphatic carbocycles. The summed E-state index contributed by atoms with van der Waals surface area (Å²) in [6.07, 6.45) is 4.88. The Morgan fingerprint density at radius 1 is 1.30 bits per heavy atom. The van der Waals surface area contributed by atoms with Crippen molar-refractivity contribution in [1.82, 2.24) is 15.1 Å². The van der Waals surface area contributed by atoms with Gasteiger partial charge in [-0.05, 0) is 55.6 Å². The molecule has 2 aliphatic rings. The summed E-state index contributed by atoms with van der Waals surface area (Å²) in [4.78, 5) is 25.9. The number of amides is 2. The number of carbonyl (C=O) groups is 2. The van der Waals surface area contributed by atoms with Crippen LogP contribution >= 0.6 is 12.4 Å². The molecule has 3 heterocycles. The molecule has 1 aromatic heterocycles. The van der Waals surface area contributed by atoms with Crippen molar-refractivity contribution in [3.63, 3.8) is 0 Å². The maximum atomic E-state index is 12.5. The number of rotatable bonds is 3. The lowest BCUT2D eigenvalue weighted by Gasteiger charge is -2.22. The Morgan fingerprint density at radius 3 is 2.89 bits per heavy atom. The number of piperidine rings is 1. The number of carbonyl (C=O) groups excluding carboxylic acids is 2. The van der Waals surface area contributed by atoms with Crippen LogP contribution in [0, 0.1) is 0 Å². The predicted octanol–water partition coefficient (Wildman–Crippen LogP) is 2.39. The maximum absolute atomic E-state index is 12.5. The highest BCUT2D eigenvalue weighted by Crippen LogP contribution is 2.30. The fourth-order valence-electron chi connectivity index (χ4n) is 3.72. The molecule has 1 saturated heterocycles. The summed E-state index contributed by atoms with van der Waals surface area (Å²) in [6, 6.07) is 7.74. The van der Waals surface area contributed by atoms with Gasteiger partial charge in [-0.25, -0.2) is 0 Å². The highest BCUT2D eigenvalue weighted by Gasteiger charge is 2.23. The summed E-state index contributed by atoms with van der Waals surface area (Å²) in [5, 5.41) is 10.7. The molecule has 1 atom stereocenters. The van der Waals surface area contributed by atoms with E-state index >= 15 is 0 Å². The third-order valence-corrected chi connectivity index (χ3v) is 5.10. The topological polar surface area (TPSA) is 79.3 Å². The zero-order valence-electron chi connectivity index (χ0n) is 15.3. The van der Waals surface area contributed by atoms with Crippen LogP contribution < -0.4 is 15.5 Å². The van der Waals surface area contributed by atoms with E-state index in [0.29, 0.717) is 18.3 Å². The number of anilines is 2. The van der Waals surface area contributed by atoms with Crippen LogP contribution in [0.15, 0.2) is 30.5 Å². The molecule has 2 amide bonds. The van der Waals surface area contributed by atoms with E-state index in [0.717, 1.165) is 49.3 Å². The first-order valence-corrected chi connectivity index (χ1v) is 9.10. The number of benzene rings is 1. The van der Waals surface area contributed by atoms with Gasteiger partial charge in [-0.2, -0.15) is 5.10 Å². The monoisotopic (exact) mass is 389 g/mol. The fourth-order valence-corrected chi connectivity index (χ4v) is 3.72. The van der Waals surface area contributed by atoms with Gasteiger partial charge >= 0.3 is 0 Å². The van der Waals surface area contributed by atoms with Crippen molar-refractivity contribution in [2.24, 2.45) is 0 Å². The normalized spacial score (nSPS) is 18.6. The van der Waals surface area contributed by atoms with Crippen molar-refractivity contribution >= 4 is 35.6 Å². The van der Waals surface area contributed by atoms with E-state index in [2.05, 4.69) is 15.7 Å². The number of aromatic nitrogens is 2. The average Bonchev–Trinajstić information content (AvgIpc) is 3.29. The molecule has 1 aromatic carbocycles. The van der Waals surface area contributed by atoms with Crippen LogP contribution in [0.4, 0.5) is 11.4 Å². The quantitative estimate of drug-likeness (QED) is 0.844. The Hall–Kier alpha value is -2.38. The van der Waals surface area contributed by atoms with Crippen molar-refractivity contribution < 1.29 is 9.59 Å². The molecule has 7 nitrogen and oxygen atoms in total. The molecule has 8 heteroatoms. The number of nitrogens with zero attached hydrogens (tertiary/aromatic N) is 3. The molecule has 0 saturated carbocycles. The molecular weight excluding hydrogens is 366 g/mol. The summed E-state index contributed by atoms with van der Waals surface area (Å²) in [5.41, 5.74) is 3.16. The first kappa shape index (κ1) is 19.4. The van der Waals surface area contributed by atoms with Gasteiger partial charge in [0.15, 0.2) is 5.69 Å². The Balaban J connectivity index is 0.00000210. The van der Waals surface area contributed by atoms with Crippen LogP contribution in [0.5, 0.6) is 0 Å². The molecule has 1 fully saturated rings. The van der Waals surface area contributed by atoms with E-state index in [9.17, 15) is 9.59 Å². The molecule has 0 spiro atoms. The standard InChI is InChI=1S/C19H23N5O2.ClH/c1-13(25)23-9-6-14-11-15(4-5-18(14)23)21-19(26)17-7-10-24(22-17)16-3-2-8-20-12-16;/h4-5,7,10-11,16,20H,2-3,6,8-9,12H2,1H3,(H,21,26);1H. The van der Waals surface area contributed by atoms with E-state index in [-0.39, 0.29) is 24.2 Å². The van der Waals surface area contributed by atoms with Crippen LogP contribution in [0.3, 0.4) is 0 Å². The van der Waals surface area contributed by atoms with Gasteiger partial charge in [0.2, 0.25) is 5.91 Å². The van der Waals surface area contributed by atoms with Crippen molar-refractivity contribution in [3.8, 4) is 0 Å². The lowest BCUT2D eigenvalue weighted by molar-refractivity contribution is -0.116. The van der Waals surface area contributed by atoms with Gasteiger partial charge in [-0.3, -0.25) is 14.3 Å². The predicted molar refractivity (Wildman–Crippen MR) is 107 cm³/mol. The molecule has 2 aromatic rings. The lowest BCUT2D eigenvalue weighted by Crippen LogP contribution is -2.32. The van der Waals surface area contributed by atoms with E-state index < -0.39 is 0 Å². The fraction of sp³-hybridized carbons (Fsp3) is 0.421. The zero-order valence-corrected chi connectivity index (χ0v) is 16.1. The van der Waals surface area contributed by atoms with E-state index in [1.807, 2.05) is 29.1 Å². The highest BCUT2D eigenvalue weighted by atomic mass is 35.5. The lowest BCUT2D eigenvalue weighted by atomic mass is 10.1. The number of hydrogen-bond donors (Lipinski definition) is 2. The van der Waals surface area contributed by atoms with Gasteiger partial charge in [0.25, 0.3) is 5.91 Å². The summed E-state index contributed by atoms with van der Waals surface area (Å²) in [7, 11) is 0. The Labute approximate surface area is 164 Å².